The van der Waals surface area contributed by atoms with Crippen LogP contribution in [0.1, 0.15) is 13.8 Å². The smallest absolute Gasteiger partial charge is 0.145 e. The number of nitrogen functional groups attached to an aromatic ring is 1. The molecule has 0 aromatic heterocycles. The van der Waals surface area contributed by atoms with Crippen LogP contribution in [0.4, 0.5) is 21.5 Å². The second kappa shape index (κ2) is 6.35. The number of methoxy groups -OCH3 is 1. The van der Waals surface area contributed by atoms with E-state index >= 15 is 0 Å². The molecule has 2 aromatic carbocycles. The number of benzene rings is 2. The van der Waals surface area contributed by atoms with Crippen molar-refractivity contribution in [3.05, 3.63) is 42.2 Å². The van der Waals surface area contributed by atoms with Crippen molar-refractivity contribution in [1.29, 1.82) is 0 Å². The zero-order chi connectivity index (χ0) is 15.4. The standard InChI is InChI=1S/C16H19FN2O2/c1-10(2)21-14-8-12(18)7-13(9-14)19-15-5-4-11(17)6-16(15)20-3/h4-10,19H,18H2,1-3H3. The average molecular weight is 290 g/mol. The monoisotopic (exact) mass is 290 g/mol. The summed E-state index contributed by atoms with van der Waals surface area (Å²) >= 11 is 0. The molecule has 112 valence electrons. The van der Waals surface area contributed by atoms with Crippen molar-refractivity contribution >= 4 is 17.1 Å². The molecule has 2 rings (SSSR count). The predicted octanol–water partition coefficient (Wildman–Crippen LogP) is 3.95. The van der Waals surface area contributed by atoms with Gasteiger partial charge in [0.2, 0.25) is 0 Å². The summed E-state index contributed by atoms with van der Waals surface area (Å²) in [6.07, 6.45) is 0.0556. The summed E-state index contributed by atoms with van der Waals surface area (Å²) in [7, 11) is 1.49. The van der Waals surface area contributed by atoms with Crippen LogP contribution in [0.5, 0.6) is 11.5 Å². The Labute approximate surface area is 123 Å². The highest BCUT2D eigenvalue weighted by molar-refractivity contribution is 5.70. The molecule has 0 aliphatic heterocycles. The van der Waals surface area contributed by atoms with Gasteiger partial charge in [0.15, 0.2) is 0 Å². The van der Waals surface area contributed by atoms with Gasteiger partial charge in [-0.2, -0.15) is 0 Å². The van der Waals surface area contributed by atoms with E-state index in [-0.39, 0.29) is 11.9 Å². The second-order valence-corrected chi connectivity index (χ2v) is 4.93. The molecule has 0 fully saturated rings. The third-order valence-electron chi connectivity index (χ3n) is 2.74. The van der Waals surface area contributed by atoms with Crippen LogP contribution in [0.2, 0.25) is 0 Å². The van der Waals surface area contributed by atoms with Gasteiger partial charge in [-0.15, -0.1) is 0 Å². The van der Waals surface area contributed by atoms with Gasteiger partial charge in [0.05, 0.1) is 18.9 Å². The van der Waals surface area contributed by atoms with E-state index in [1.807, 2.05) is 19.9 Å². The maximum absolute atomic E-state index is 13.2. The number of ether oxygens (including phenoxy) is 2. The Balaban J connectivity index is 2.29. The van der Waals surface area contributed by atoms with Crippen molar-refractivity contribution < 1.29 is 13.9 Å². The van der Waals surface area contributed by atoms with E-state index in [0.29, 0.717) is 22.9 Å². The van der Waals surface area contributed by atoms with E-state index in [4.69, 9.17) is 15.2 Å². The minimum absolute atomic E-state index is 0.0556. The highest BCUT2D eigenvalue weighted by Gasteiger charge is 2.07. The fourth-order valence-corrected chi connectivity index (χ4v) is 1.96. The number of nitrogens with one attached hydrogen (secondary N) is 1. The van der Waals surface area contributed by atoms with Crippen LogP contribution >= 0.6 is 0 Å². The molecule has 0 radical (unpaired) electrons. The quantitative estimate of drug-likeness (QED) is 0.819. The Hall–Kier alpha value is -2.43. The normalized spacial score (nSPS) is 10.5. The molecule has 0 unspecified atom stereocenters. The first-order valence-electron chi connectivity index (χ1n) is 6.65. The van der Waals surface area contributed by atoms with Gasteiger partial charge < -0.3 is 20.5 Å². The van der Waals surface area contributed by atoms with E-state index in [1.165, 1.54) is 19.2 Å². The van der Waals surface area contributed by atoms with E-state index in [0.717, 1.165) is 5.69 Å². The van der Waals surface area contributed by atoms with Gasteiger partial charge in [0.25, 0.3) is 0 Å². The SMILES string of the molecule is COc1cc(F)ccc1Nc1cc(N)cc(OC(C)C)c1. The van der Waals surface area contributed by atoms with Crippen molar-refractivity contribution in [2.24, 2.45) is 0 Å². The zero-order valence-electron chi connectivity index (χ0n) is 12.3. The fourth-order valence-electron chi connectivity index (χ4n) is 1.96. The molecular formula is C16H19FN2O2. The van der Waals surface area contributed by atoms with Gasteiger partial charge in [-0.25, -0.2) is 4.39 Å². The summed E-state index contributed by atoms with van der Waals surface area (Å²) in [4.78, 5) is 0. The molecule has 0 aliphatic rings. The second-order valence-electron chi connectivity index (χ2n) is 4.93. The van der Waals surface area contributed by atoms with Crippen LogP contribution in [-0.4, -0.2) is 13.2 Å². The number of anilines is 3. The molecule has 0 saturated heterocycles. The molecule has 0 spiro atoms. The zero-order valence-corrected chi connectivity index (χ0v) is 12.3. The number of nitrogens with two attached hydrogens (primary N) is 1. The third-order valence-corrected chi connectivity index (χ3v) is 2.74. The molecule has 0 amide bonds. The summed E-state index contributed by atoms with van der Waals surface area (Å²) < 4.78 is 24.0. The van der Waals surface area contributed by atoms with Gasteiger partial charge in [0, 0.05) is 29.6 Å². The Morgan fingerprint density at radius 3 is 2.57 bits per heavy atom. The molecule has 0 bridgehead atoms. The Kier molecular flexibility index (Phi) is 4.52. The van der Waals surface area contributed by atoms with Gasteiger partial charge in [-0.1, -0.05) is 0 Å². The maximum atomic E-state index is 13.2. The van der Waals surface area contributed by atoms with E-state index in [9.17, 15) is 4.39 Å². The van der Waals surface area contributed by atoms with Crippen molar-refractivity contribution in [3.63, 3.8) is 0 Å². The van der Waals surface area contributed by atoms with Crippen molar-refractivity contribution in [2.75, 3.05) is 18.2 Å². The molecule has 3 N–H and O–H groups in total. The van der Waals surface area contributed by atoms with Crippen LogP contribution < -0.4 is 20.5 Å². The van der Waals surface area contributed by atoms with Gasteiger partial charge in [-0.05, 0) is 32.0 Å². The summed E-state index contributed by atoms with van der Waals surface area (Å²) in [6, 6.07) is 9.66. The molecule has 0 heterocycles. The van der Waals surface area contributed by atoms with Crippen LogP contribution in [0.15, 0.2) is 36.4 Å². The molecule has 0 saturated carbocycles. The third kappa shape index (κ3) is 4.02. The number of rotatable bonds is 5. The first kappa shape index (κ1) is 15.0. The largest absolute Gasteiger partial charge is 0.494 e. The first-order valence-corrected chi connectivity index (χ1v) is 6.65. The van der Waals surface area contributed by atoms with E-state index in [2.05, 4.69) is 5.32 Å². The summed E-state index contributed by atoms with van der Waals surface area (Å²) in [6.45, 7) is 3.89. The van der Waals surface area contributed by atoms with Crippen molar-refractivity contribution in [3.8, 4) is 11.5 Å². The van der Waals surface area contributed by atoms with Crippen LogP contribution in [0.3, 0.4) is 0 Å². The van der Waals surface area contributed by atoms with Gasteiger partial charge >= 0.3 is 0 Å². The minimum Gasteiger partial charge on any atom is -0.494 e. The van der Waals surface area contributed by atoms with Crippen molar-refractivity contribution in [1.82, 2.24) is 0 Å². The Morgan fingerprint density at radius 1 is 1.14 bits per heavy atom. The Bertz CT molecular complexity index is 630. The van der Waals surface area contributed by atoms with Gasteiger partial charge in [0.1, 0.15) is 17.3 Å². The number of halogens is 1. The predicted molar refractivity (Wildman–Crippen MR) is 82.9 cm³/mol. The molecule has 21 heavy (non-hydrogen) atoms. The lowest BCUT2D eigenvalue weighted by Gasteiger charge is -2.15. The first-order chi connectivity index (χ1) is 9.97. The van der Waals surface area contributed by atoms with Crippen LogP contribution in [-0.2, 0) is 0 Å². The van der Waals surface area contributed by atoms with E-state index < -0.39 is 0 Å². The van der Waals surface area contributed by atoms with E-state index in [1.54, 1.807) is 18.2 Å². The molecule has 5 heteroatoms. The molecular weight excluding hydrogens is 271 g/mol. The maximum Gasteiger partial charge on any atom is 0.145 e. The fraction of sp³-hybridized carbons (Fsp3) is 0.250. The van der Waals surface area contributed by atoms with Crippen molar-refractivity contribution in [2.45, 2.75) is 20.0 Å². The highest BCUT2D eigenvalue weighted by Crippen LogP contribution is 2.31. The lowest BCUT2D eigenvalue weighted by molar-refractivity contribution is 0.242. The Morgan fingerprint density at radius 2 is 1.90 bits per heavy atom. The molecule has 0 atom stereocenters. The number of hydrogen-bond acceptors (Lipinski definition) is 4. The molecule has 4 nitrogen and oxygen atoms in total. The van der Waals surface area contributed by atoms with Crippen LogP contribution in [0, 0.1) is 5.82 Å². The highest BCUT2D eigenvalue weighted by atomic mass is 19.1. The number of hydrogen-bond donors (Lipinski definition) is 2. The average Bonchev–Trinajstić information content (AvgIpc) is 2.39. The molecule has 2 aromatic rings. The summed E-state index contributed by atoms with van der Waals surface area (Å²) in [5.74, 6) is 0.742. The molecule has 0 aliphatic carbocycles. The minimum atomic E-state index is -0.353. The van der Waals surface area contributed by atoms with Crippen LogP contribution in [0.25, 0.3) is 0 Å². The topological polar surface area (TPSA) is 56.5 Å². The summed E-state index contributed by atoms with van der Waals surface area (Å²) in [5.41, 5.74) is 7.85. The lowest BCUT2D eigenvalue weighted by atomic mass is 10.2. The lowest BCUT2D eigenvalue weighted by Crippen LogP contribution is -2.06. The van der Waals surface area contributed by atoms with Gasteiger partial charge in [-0.3, -0.25) is 0 Å². The summed E-state index contributed by atoms with van der Waals surface area (Å²) in [5, 5.41) is 3.15.